The lowest BCUT2D eigenvalue weighted by molar-refractivity contribution is -0.137. The van der Waals surface area contributed by atoms with E-state index in [9.17, 15) is 9.59 Å². The predicted molar refractivity (Wildman–Crippen MR) is 144 cm³/mol. The van der Waals surface area contributed by atoms with Gasteiger partial charge in [-0.05, 0) is 48.6 Å². The molecule has 3 aliphatic rings. The van der Waals surface area contributed by atoms with Crippen molar-refractivity contribution in [3.05, 3.63) is 53.2 Å². The van der Waals surface area contributed by atoms with Crippen molar-refractivity contribution in [1.82, 2.24) is 25.6 Å². The highest BCUT2D eigenvalue weighted by atomic mass is 16.5. The van der Waals surface area contributed by atoms with E-state index in [4.69, 9.17) is 14.5 Å². The summed E-state index contributed by atoms with van der Waals surface area (Å²) >= 11 is 0. The number of nitrogens with one attached hydrogen (secondary N) is 2. The molecule has 0 aliphatic carbocycles. The van der Waals surface area contributed by atoms with Crippen molar-refractivity contribution < 1.29 is 19.1 Å². The number of aromatic nitrogens is 1. The molecule has 3 fully saturated rings. The number of nitrogens with zero attached hydrogens (tertiary/aromatic N) is 4. The number of methoxy groups -OCH3 is 2. The lowest BCUT2D eigenvalue weighted by Crippen LogP contribution is -2.55. The fraction of sp³-hybridized carbons (Fsp3) is 0.536. The van der Waals surface area contributed by atoms with Gasteiger partial charge in [0.05, 0.1) is 19.2 Å². The first-order valence-electron chi connectivity index (χ1n) is 13.4. The predicted octanol–water partition coefficient (Wildman–Crippen LogP) is 2.29. The first-order valence-corrected chi connectivity index (χ1v) is 13.4. The maximum atomic E-state index is 14.1. The van der Waals surface area contributed by atoms with Gasteiger partial charge < -0.3 is 19.3 Å². The molecule has 3 aliphatic heterocycles. The summed E-state index contributed by atoms with van der Waals surface area (Å²) in [5, 5.41) is 0. The Morgan fingerprint density at radius 1 is 1.13 bits per heavy atom. The van der Waals surface area contributed by atoms with Crippen molar-refractivity contribution in [2.45, 2.75) is 44.2 Å². The van der Waals surface area contributed by atoms with Crippen LogP contribution in [-0.4, -0.2) is 85.8 Å². The smallest absolute Gasteiger partial charge is 0.326 e. The molecule has 1 aromatic heterocycles. The second-order valence-electron chi connectivity index (χ2n) is 10.4. The average molecular weight is 523 g/mol. The molecule has 3 saturated heterocycles. The number of benzene rings is 1. The number of ether oxygens (including phenoxy) is 2. The van der Waals surface area contributed by atoms with E-state index in [1.165, 1.54) is 12.7 Å². The number of likely N-dealkylation sites (tertiary alicyclic amines) is 1. The lowest BCUT2D eigenvalue weighted by Gasteiger charge is -2.43. The van der Waals surface area contributed by atoms with E-state index in [0.717, 1.165) is 36.5 Å². The normalized spacial score (nSPS) is 19.6. The number of hydrogen-bond acceptors (Lipinski definition) is 7. The van der Waals surface area contributed by atoms with Crippen LogP contribution in [-0.2, 0) is 22.5 Å². The van der Waals surface area contributed by atoms with E-state index in [1.54, 1.807) is 7.11 Å². The summed E-state index contributed by atoms with van der Waals surface area (Å²) in [5.74, 6) is 1.81. The molecule has 2 aromatic rings. The number of pyridine rings is 1. The Bertz CT molecular complexity index is 1160. The van der Waals surface area contributed by atoms with Crippen LogP contribution in [0.1, 0.15) is 42.5 Å². The minimum atomic E-state index is -0.393. The monoisotopic (exact) mass is 522 g/mol. The third-order valence-corrected chi connectivity index (χ3v) is 8.14. The quantitative estimate of drug-likeness (QED) is 0.549. The van der Waals surface area contributed by atoms with Crippen LogP contribution in [0.5, 0.6) is 5.75 Å². The largest absolute Gasteiger partial charge is 0.497 e. The molecule has 4 heterocycles. The van der Waals surface area contributed by atoms with Crippen molar-refractivity contribution in [2.75, 3.05) is 58.5 Å². The molecule has 1 aromatic carbocycles. The Kier molecular flexibility index (Phi) is 7.83. The number of amides is 3. The van der Waals surface area contributed by atoms with E-state index in [-0.39, 0.29) is 18.5 Å². The molecular weight excluding hydrogens is 484 g/mol. The zero-order chi connectivity index (χ0) is 26.7. The van der Waals surface area contributed by atoms with Crippen LogP contribution >= 0.6 is 0 Å². The maximum Gasteiger partial charge on any atom is 0.326 e. The number of urea groups is 1. The fourth-order valence-corrected chi connectivity index (χ4v) is 5.97. The summed E-state index contributed by atoms with van der Waals surface area (Å²) in [6.45, 7) is 6.12. The Hall–Kier alpha value is -3.21. The molecule has 0 bridgehead atoms. The molecule has 0 saturated carbocycles. The summed E-state index contributed by atoms with van der Waals surface area (Å²) in [4.78, 5) is 37.2. The molecule has 2 N–H and O–H groups in total. The minimum absolute atomic E-state index is 0.0105. The van der Waals surface area contributed by atoms with Gasteiger partial charge in [0.2, 0.25) is 5.91 Å². The van der Waals surface area contributed by atoms with Gasteiger partial charge in [0.1, 0.15) is 18.2 Å². The van der Waals surface area contributed by atoms with Crippen molar-refractivity contribution in [2.24, 2.45) is 0 Å². The molecule has 5 rings (SSSR count). The van der Waals surface area contributed by atoms with Crippen LogP contribution in [0, 0.1) is 0 Å². The van der Waals surface area contributed by atoms with Crippen LogP contribution in [0.15, 0.2) is 36.4 Å². The number of piperidine rings is 1. The zero-order valence-corrected chi connectivity index (χ0v) is 22.5. The van der Waals surface area contributed by atoms with Crippen LogP contribution in [0.25, 0.3) is 0 Å². The SMILES string of the molecule is CCc1nc(N2CC3(CCN(C(=O)COC)CC3)N(Cc3cccc(OC)c3)C2=O)ccc1C1CNNC1. The van der Waals surface area contributed by atoms with Gasteiger partial charge in [-0.2, -0.15) is 0 Å². The van der Waals surface area contributed by atoms with Gasteiger partial charge in [-0.25, -0.2) is 9.78 Å². The van der Waals surface area contributed by atoms with E-state index in [1.807, 2.05) is 45.0 Å². The molecular formula is C28H38N6O4. The molecule has 10 heteroatoms. The Labute approximate surface area is 224 Å². The lowest BCUT2D eigenvalue weighted by atomic mass is 9.86. The topological polar surface area (TPSA) is 99.3 Å². The van der Waals surface area contributed by atoms with Crippen molar-refractivity contribution in [1.29, 1.82) is 0 Å². The number of carbonyl (C=O) groups is 2. The summed E-state index contributed by atoms with van der Waals surface area (Å²) < 4.78 is 10.5. The number of aryl methyl sites for hydroxylation is 1. The number of hydrazine groups is 1. The van der Waals surface area contributed by atoms with Crippen molar-refractivity contribution in [3.8, 4) is 5.75 Å². The Morgan fingerprint density at radius 3 is 2.58 bits per heavy atom. The summed E-state index contributed by atoms with van der Waals surface area (Å²) in [6, 6.07) is 11.9. The number of anilines is 1. The van der Waals surface area contributed by atoms with E-state index in [2.05, 4.69) is 23.8 Å². The number of rotatable bonds is 8. The van der Waals surface area contributed by atoms with E-state index in [0.29, 0.717) is 50.8 Å². The average Bonchev–Trinajstić information content (AvgIpc) is 3.57. The third kappa shape index (κ3) is 5.08. The van der Waals surface area contributed by atoms with Gasteiger partial charge >= 0.3 is 6.03 Å². The molecule has 0 unspecified atom stereocenters. The van der Waals surface area contributed by atoms with Crippen molar-refractivity contribution >= 4 is 17.8 Å². The number of hydrogen-bond donors (Lipinski definition) is 2. The van der Waals surface area contributed by atoms with Crippen LogP contribution in [0.2, 0.25) is 0 Å². The van der Waals surface area contributed by atoms with Crippen LogP contribution in [0.3, 0.4) is 0 Å². The Balaban J connectivity index is 1.44. The second kappa shape index (κ2) is 11.3. The third-order valence-electron chi connectivity index (χ3n) is 8.14. The second-order valence-corrected chi connectivity index (χ2v) is 10.4. The maximum absolute atomic E-state index is 14.1. The highest BCUT2D eigenvalue weighted by Gasteiger charge is 2.52. The molecule has 10 nitrogen and oxygen atoms in total. The van der Waals surface area contributed by atoms with Crippen molar-refractivity contribution in [3.63, 3.8) is 0 Å². The first kappa shape index (κ1) is 26.4. The van der Waals surface area contributed by atoms with E-state index >= 15 is 0 Å². The molecule has 0 radical (unpaired) electrons. The van der Waals surface area contributed by atoms with Crippen LogP contribution < -0.4 is 20.5 Å². The molecule has 204 valence electrons. The first-order chi connectivity index (χ1) is 18.5. The van der Waals surface area contributed by atoms with Gasteiger partial charge in [0.25, 0.3) is 0 Å². The van der Waals surface area contributed by atoms with Crippen LogP contribution in [0.4, 0.5) is 10.6 Å². The highest BCUT2D eigenvalue weighted by molar-refractivity contribution is 5.94. The van der Waals surface area contributed by atoms with Gasteiger partial charge in [-0.15, -0.1) is 0 Å². The molecule has 1 spiro atoms. The highest BCUT2D eigenvalue weighted by Crippen LogP contribution is 2.39. The standard InChI is InChI=1S/C28H38N6O4/c1-4-24-23(21-15-29-30-16-21)8-9-25(31-24)33-19-28(10-12-32(13-11-28)26(35)18-37-2)34(27(33)36)17-20-6-5-7-22(14-20)38-3/h5-9,14,21,29-30H,4,10-13,15-19H2,1-3H3. The number of carbonyl (C=O) groups excluding carboxylic acids is 2. The zero-order valence-electron chi connectivity index (χ0n) is 22.5. The molecule has 38 heavy (non-hydrogen) atoms. The fourth-order valence-electron chi connectivity index (χ4n) is 5.97. The molecule has 3 amide bonds. The van der Waals surface area contributed by atoms with Gasteiger partial charge in [-0.3, -0.25) is 20.5 Å². The van der Waals surface area contributed by atoms with Gasteiger partial charge in [0, 0.05) is 51.4 Å². The van der Waals surface area contributed by atoms with Gasteiger partial charge in [-0.1, -0.05) is 25.1 Å². The van der Waals surface area contributed by atoms with E-state index < -0.39 is 5.54 Å². The summed E-state index contributed by atoms with van der Waals surface area (Å²) in [6.07, 6.45) is 2.20. The molecule has 0 atom stereocenters. The summed E-state index contributed by atoms with van der Waals surface area (Å²) in [5.41, 5.74) is 9.28. The van der Waals surface area contributed by atoms with Gasteiger partial charge in [0.15, 0.2) is 0 Å². The minimum Gasteiger partial charge on any atom is -0.497 e. The summed E-state index contributed by atoms with van der Waals surface area (Å²) in [7, 11) is 3.18. The Morgan fingerprint density at radius 2 is 1.89 bits per heavy atom.